The molecule has 0 saturated heterocycles. The number of benzene rings is 2. The van der Waals surface area contributed by atoms with E-state index in [1.54, 1.807) is 40.8 Å². The van der Waals surface area contributed by atoms with Crippen LogP contribution in [0.15, 0.2) is 59.6 Å². The van der Waals surface area contributed by atoms with Crippen molar-refractivity contribution in [3.8, 4) is 0 Å². The third-order valence-corrected chi connectivity index (χ3v) is 4.93. The fraction of sp³-hybridized carbons (Fsp3) is 0.111. The van der Waals surface area contributed by atoms with E-state index in [1.165, 1.54) is 0 Å². The summed E-state index contributed by atoms with van der Waals surface area (Å²) in [7, 11) is 0. The number of nitrogens with zero attached hydrogens (tertiary/aromatic N) is 2. The van der Waals surface area contributed by atoms with Gasteiger partial charge < -0.3 is 5.32 Å². The normalized spacial score (nSPS) is 10.7. The van der Waals surface area contributed by atoms with E-state index >= 15 is 0 Å². The zero-order valence-corrected chi connectivity index (χ0v) is 15.7. The molecule has 1 heterocycles. The van der Waals surface area contributed by atoms with Gasteiger partial charge in [-0.15, -0.1) is 11.8 Å². The lowest BCUT2D eigenvalue weighted by Crippen LogP contribution is -2.16. The van der Waals surface area contributed by atoms with Crippen molar-refractivity contribution >= 4 is 46.7 Å². The molecule has 1 N–H and O–H groups in total. The van der Waals surface area contributed by atoms with Crippen molar-refractivity contribution < 1.29 is 4.79 Å². The minimum Gasteiger partial charge on any atom is -0.307 e. The van der Waals surface area contributed by atoms with E-state index in [-0.39, 0.29) is 5.91 Å². The highest BCUT2D eigenvalue weighted by atomic mass is 35.5. The predicted octanol–water partition coefficient (Wildman–Crippen LogP) is 5.21. The SMILES string of the molecule is CSc1ccc(Cl)c(C(=O)Nc2ccnn2Cc2ccc(Cl)cc2)c1. The summed E-state index contributed by atoms with van der Waals surface area (Å²) < 4.78 is 1.72. The molecule has 7 heteroatoms. The summed E-state index contributed by atoms with van der Waals surface area (Å²) in [4.78, 5) is 13.6. The minimum absolute atomic E-state index is 0.265. The number of anilines is 1. The van der Waals surface area contributed by atoms with Crippen molar-refractivity contribution in [1.82, 2.24) is 9.78 Å². The summed E-state index contributed by atoms with van der Waals surface area (Å²) >= 11 is 13.6. The molecule has 0 radical (unpaired) electrons. The molecule has 0 fully saturated rings. The summed E-state index contributed by atoms with van der Waals surface area (Å²) in [5, 5.41) is 8.24. The molecule has 0 atom stereocenters. The molecule has 1 aromatic heterocycles. The van der Waals surface area contributed by atoms with E-state index < -0.39 is 0 Å². The molecule has 2 aromatic carbocycles. The lowest BCUT2D eigenvalue weighted by molar-refractivity contribution is 0.102. The van der Waals surface area contributed by atoms with Crippen LogP contribution in [0.1, 0.15) is 15.9 Å². The summed E-state index contributed by atoms with van der Waals surface area (Å²) in [5.74, 6) is 0.337. The number of hydrogen-bond donors (Lipinski definition) is 1. The van der Waals surface area contributed by atoms with Crippen molar-refractivity contribution in [2.45, 2.75) is 11.4 Å². The quantitative estimate of drug-likeness (QED) is 0.606. The summed E-state index contributed by atoms with van der Waals surface area (Å²) in [5.41, 5.74) is 1.47. The Morgan fingerprint density at radius 3 is 2.64 bits per heavy atom. The Hall–Kier alpha value is -1.95. The van der Waals surface area contributed by atoms with Crippen LogP contribution >= 0.6 is 35.0 Å². The molecule has 0 saturated carbocycles. The molecule has 3 rings (SSSR count). The first kappa shape index (κ1) is 17.9. The summed E-state index contributed by atoms with van der Waals surface area (Å²) in [6.07, 6.45) is 3.59. The number of hydrogen-bond acceptors (Lipinski definition) is 3. The molecule has 3 aromatic rings. The van der Waals surface area contributed by atoms with Crippen LogP contribution < -0.4 is 5.32 Å². The number of nitrogens with one attached hydrogen (secondary N) is 1. The van der Waals surface area contributed by atoms with Crippen molar-refractivity contribution in [2.75, 3.05) is 11.6 Å². The third-order valence-electron chi connectivity index (χ3n) is 3.62. The fourth-order valence-electron chi connectivity index (χ4n) is 2.32. The minimum atomic E-state index is -0.265. The Bertz CT molecular complexity index is 894. The van der Waals surface area contributed by atoms with E-state index in [9.17, 15) is 4.79 Å². The van der Waals surface area contributed by atoms with E-state index in [4.69, 9.17) is 23.2 Å². The van der Waals surface area contributed by atoms with Gasteiger partial charge in [-0.25, -0.2) is 4.68 Å². The number of halogens is 2. The van der Waals surface area contributed by atoms with E-state index in [2.05, 4.69) is 10.4 Å². The summed E-state index contributed by atoms with van der Waals surface area (Å²) in [6.45, 7) is 0.526. The Kier molecular flexibility index (Phi) is 5.68. The molecule has 0 unspecified atom stereocenters. The zero-order valence-electron chi connectivity index (χ0n) is 13.4. The standard InChI is InChI=1S/C18H15Cl2N3OS/c1-25-14-6-7-16(20)15(10-14)18(24)22-17-8-9-21-23(17)11-12-2-4-13(19)5-3-12/h2-10H,11H2,1H3,(H,22,24). The lowest BCUT2D eigenvalue weighted by Gasteiger charge is -2.11. The number of carbonyl (C=O) groups is 1. The predicted molar refractivity (Wildman–Crippen MR) is 104 cm³/mol. The van der Waals surface area contributed by atoms with Gasteiger partial charge in [-0.3, -0.25) is 4.79 Å². The highest BCUT2D eigenvalue weighted by Crippen LogP contribution is 2.24. The van der Waals surface area contributed by atoms with Crippen molar-refractivity contribution in [3.05, 3.63) is 75.9 Å². The van der Waals surface area contributed by atoms with Crippen LogP contribution in [0.4, 0.5) is 5.82 Å². The second-order valence-corrected chi connectivity index (χ2v) is 7.02. The van der Waals surface area contributed by atoms with Gasteiger partial charge in [0.05, 0.1) is 23.3 Å². The Morgan fingerprint density at radius 2 is 1.92 bits per heavy atom. The second-order valence-electron chi connectivity index (χ2n) is 5.30. The molecule has 0 spiro atoms. The van der Waals surface area contributed by atoms with Crippen LogP contribution in [0, 0.1) is 0 Å². The smallest absolute Gasteiger partial charge is 0.258 e. The molecule has 0 aliphatic heterocycles. The summed E-state index contributed by atoms with van der Waals surface area (Å²) in [6, 6.07) is 14.6. The Balaban J connectivity index is 1.79. The van der Waals surface area contributed by atoms with Crippen LogP contribution in [0.5, 0.6) is 0 Å². The molecule has 128 valence electrons. The van der Waals surface area contributed by atoms with Gasteiger partial charge in [0, 0.05) is 16.0 Å². The number of carbonyl (C=O) groups excluding carboxylic acids is 1. The number of aromatic nitrogens is 2. The first-order chi connectivity index (χ1) is 12.1. The zero-order chi connectivity index (χ0) is 17.8. The highest BCUT2D eigenvalue weighted by molar-refractivity contribution is 7.98. The third kappa shape index (κ3) is 4.37. The van der Waals surface area contributed by atoms with Crippen LogP contribution in [0.3, 0.4) is 0 Å². The van der Waals surface area contributed by atoms with Gasteiger partial charge in [0.2, 0.25) is 0 Å². The van der Waals surface area contributed by atoms with Gasteiger partial charge in [0.25, 0.3) is 5.91 Å². The maximum absolute atomic E-state index is 12.6. The largest absolute Gasteiger partial charge is 0.307 e. The molecule has 1 amide bonds. The number of amides is 1. The average Bonchev–Trinajstić information content (AvgIpc) is 3.04. The molecule has 0 aliphatic rings. The van der Waals surface area contributed by atoms with Gasteiger partial charge in [-0.05, 0) is 42.2 Å². The lowest BCUT2D eigenvalue weighted by atomic mass is 10.2. The monoisotopic (exact) mass is 391 g/mol. The van der Waals surface area contributed by atoms with E-state index in [0.717, 1.165) is 10.5 Å². The molecule has 25 heavy (non-hydrogen) atoms. The maximum Gasteiger partial charge on any atom is 0.258 e. The van der Waals surface area contributed by atoms with Crippen LogP contribution in [0.25, 0.3) is 0 Å². The van der Waals surface area contributed by atoms with E-state index in [0.29, 0.717) is 28.0 Å². The van der Waals surface area contributed by atoms with Crippen molar-refractivity contribution in [3.63, 3.8) is 0 Å². The topological polar surface area (TPSA) is 46.9 Å². The molecule has 0 bridgehead atoms. The first-order valence-corrected chi connectivity index (χ1v) is 9.46. The average molecular weight is 392 g/mol. The first-order valence-electron chi connectivity index (χ1n) is 7.48. The Labute approximate surface area is 160 Å². The maximum atomic E-state index is 12.6. The fourth-order valence-corrected chi connectivity index (χ4v) is 3.09. The molecular formula is C18H15Cl2N3OS. The molecule has 0 aliphatic carbocycles. The van der Waals surface area contributed by atoms with Crippen LogP contribution in [-0.2, 0) is 6.54 Å². The van der Waals surface area contributed by atoms with Gasteiger partial charge in [0.1, 0.15) is 5.82 Å². The Morgan fingerprint density at radius 1 is 1.16 bits per heavy atom. The number of thioether (sulfide) groups is 1. The van der Waals surface area contributed by atoms with E-state index in [1.807, 2.05) is 36.6 Å². The highest BCUT2D eigenvalue weighted by Gasteiger charge is 2.14. The number of rotatable bonds is 5. The van der Waals surface area contributed by atoms with Gasteiger partial charge in [-0.1, -0.05) is 35.3 Å². The second kappa shape index (κ2) is 7.95. The van der Waals surface area contributed by atoms with Crippen LogP contribution in [-0.4, -0.2) is 21.9 Å². The molecular weight excluding hydrogens is 377 g/mol. The van der Waals surface area contributed by atoms with Crippen molar-refractivity contribution in [2.24, 2.45) is 0 Å². The van der Waals surface area contributed by atoms with Crippen LogP contribution in [0.2, 0.25) is 10.0 Å². The van der Waals surface area contributed by atoms with Gasteiger partial charge >= 0.3 is 0 Å². The van der Waals surface area contributed by atoms with Gasteiger partial charge in [-0.2, -0.15) is 5.10 Å². The van der Waals surface area contributed by atoms with Crippen molar-refractivity contribution in [1.29, 1.82) is 0 Å². The molecule has 4 nitrogen and oxygen atoms in total. The van der Waals surface area contributed by atoms with Gasteiger partial charge in [0.15, 0.2) is 0 Å².